The van der Waals surface area contributed by atoms with Crippen LogP contribution in [0.3, 0.4) is 0 Å². The highest BCUT2D eigenvalue weighted by atomic mass is 19.1. The normalized spacial score (nSPS) is 15.1. The Kier molecular flexibility index (Phi) is 7.10. The molecule has 9 heteroatoms. The summed E-state index contributed by atoms with van der Waals surface area (Å²) in [5.74, 6) is -3.55. The number of carbonyl (C=O) groups is 4. The van der Waals surface area contributed by atoms with Crippen molar-refractivity contribution < 1.29 is 28.3 Å². The summed E-state index contributed by atoms with van der Waals surface area (Å²) >= 11 is 0. The molecule has 4 rings (SSSR count). The van der Waals surface area contributed by atoms with Gasteiger partial charge < -0.3 is 4.74 Å². The van der Waals surface area contributed by atoms with Crippen LogP contribution in [0.2, 0.25) is 0 Å². The Morgan fingerprint density at radius 1 is 1.00 bits per heavy atom. The van der Waals surface area contributed by atoms with Crippen LogP contribution in [0.4, 0.5) is 10.1 Å². The molecule has 0 aromatic heterocycles. The zero-order valence-electron chi connectivity index (χ0n) is 19.7. The van der Waals surface area contributed by atoms with Crippen molar-refractivity contribution >= 4 is 29.3 Å². The third-order valence-electron chi connectivity index (χ3n) is 5.93. The average molecular weight is 490 g/mol. The van der Waals surface area contributed by atoms with Gasteiger partial charge in [0.1, 0.15) is 17.6 Å². The van der Waals surface area contributed by atoms with E-state index in [1.165, 1.54) is 31.4 Å². The molecule has 36 heavy (non-hydrogen) atoms. The highest BCUT2D eigenvalue weighted by Gasteiger charge is 2.46. The number of hydrazine groups is 1. The number of methoxy groups -OCH3 is 1. The molecule has 1 saturated heterocycles. The Morgan fingerprint density at radius 3 is 2.28 bits per heavy atom. The average Bonchev–Trinajstić information content (AvgIpc) is 3.20. The maximum atomic E-state index is 14.3. The van der Waals surface area contributed by atoms with Gasteiger partial charge in [-0.25, -0.2) is 14.3 Å². The van der Waals surface area contributed by atoms with Gasteiger partial charge in [0.2, 0.25) is 5.91 Å². The molecule has 1 unspecified atom stereocenters. The Labute approximate surface area is 207 Å². The second-order valence-corrected chi connectivity index (χ2v) is 8.10. The van der Waals surface area contributed by atoms with Crippen molar-refractivity contribution in [3.63, 3.8) is 0 Å². The first kappa shape index (κ1) is 24.6. The summed E-state index contributed by atoms with van der Waals surface area (Å²) in [5.41, 5.74) is 3.48. The van der Waals surface area contributed by atoms with Crippen LogP contribution in [0.15, 0.2) is 72.8 Å². The summed E-state index contributed by atoms with van der Waals surface area (Å²) < 4.78 is 19.5. The van der Waals surface area contributed by atoms with Gasteiger partial charge in [-0.15, -0.1) is 0 Å². The molecule has 1 aliphatic rings. The van der Waals surface area contributed by atoms with E-state index in [-0.39, 0.29) is 23.3 Å². The number of amides is 4. The molecule has 1 aliphatic heterocycles. The predicted octanol–water partition coefficient (Wildman–Crippen LogP) is 3.52. The molecule has 184 valence electrons. The van der Waals surface area contributed by atoms with Crippen LogP contribution in [0, 0.1) is 5.82 Å². The van der Waals surface area contributed by atoms with Crippen molar-refractivity contribution in [3.05, 3.63) is 95.3 Å². The number of benzene rings is 3. The molecule has 0 aliphatic carbocycles. The molecule has 0 bridgehead atoms. The summed E-state index contributed by atoms with van der Waals surface area (Å²) in [6.07, 6.45) is 0.418. The van der Waals surface area contributed by atoms with E-state index in [0.29, 0.717) is 5.69 Å². The van der Waals surface area contributed by atoms with E-state index in [1.54, 1.807) is 42.5 Å². The molecule has 8 nitrogen and oxygen atoms in total. The van der Waals surface area contributed by atoms with E-state index >= 15 is 0 Å². The van der Waals surface area contributed by atoms with Gasteiger partial charge in [0.25, 0.3) is 17.7 Å². The number of carbonyl (C=O) groups excluding carboxylic acids is 4. The molecule has 1 atom stereocenters. The van der Waals surface area contributed by atoms with E-state index in [0.717, 1.165) is 28.0 Å². The Bertz CT molecular complexity index is 1320. The molecule has 1 fully saturated rings. The summed E-state index contributed by atoms with van der Waals surface area (Å²) in [7, 11) is 1.38. The van der Waals surface area contributed by atoms with Crippen LogP contribution in [0.5, 0.6) is 5.75 Å². The van der Waals surface area contributed by atoms with Gasteiger partial charge in [-0.3, -0.25) is 24.6 Å². The quantitative estimate of drug-likeness (QED) is 0.422. The maximum absolute atomic E-state index is 14.3. The minimum Gasteiger partial charge on any atom is -0.496 e. The van der Waals surface area contributed by atoms with Crippen LogP contribution >= 0.6 is 0 Å². The van der Waals surface area contributed by atoms with Gasteiger partial charge >= 0.3 is 0 Å². The first-order valence-corrected chi connectivity index (χ1v) is 11.3. The van der Waals surface area contributed by atoms with Crippen LogP contribution in [-0.4, -0.2) is 41.8 Å². The predicted molar refractivity (Wildman–Crippen MR) is 130 cm³/mol. The summed E-state index contributed by atoms with van der Waals surface area (Å²) in [4.78, 5) is 53.9. The second-order valence-electron chi connectivity index (χ2n) is 8.10. The molecule has 1 N–H and O–H groups in total. The van der Waals surface area contributed by atoms with Gasteiger partial charge in [-0.2, -0.15) is 0 Å². The van der Waals surface area contributed by atoms with Crippen LogP contribution < -0.4 is 15.1 Å². The first-order chi connectivity index (χ1) is 17.3. The number of hydrogen-bond donors (Lipinski definition) is 1. The zero-order valence-corrected chi connectivity index (χ0v) is 19.7. The highest BCUT2D eigenvalue weighted by molar-refractivity contribution is 6.23. The van der Waals surface area contributed by atoms with Gasteiger partial charge in [-0.05, 0) is 48.4 Å². The van der Waals surface area contributed by atoms with Crippen molar-refractivity contribution in [3.8, 4) is 5.75 Å². The van der Waals surface area contributed by atoms with Crippen LogP contribution in [0.25, 0.3) is 0 Å². The monoisotopic (exact) mass is 489 g/mol. The smallest absolute Gasteiger partial charge is 0.276 e. The number of nitrogens with zero attached hydrogens (tertiary/aromatic N) is 2. The molecule has 1 heterocycles. The van der Waals surface area contributed by atoms with E-state index in [4.69, 9.17) is 4.74 Å². The molecular formula is C27H24FN3O5. The fraction of sp³-hybridized carbons (Fsp3) is 0.185. The minimum absolute atomic E-state index is 0.0554. The lowest BCUT2D eigenvalue weighted by atomic mass is 10.1. The van der Waals surface area contributed by atoms with Gasteiger partial charge in [0.05, 0.1) is 30.3 Å². The molecule has 0 radical (unpaired) electrons. The van der Waals surface area contributed by atoms with E-state index in [2.05, 4.69) is 5.43 Å². The van der Waals surface area contributed by atoms with E-state index in [9.17, 15) is 23.6 Å². The van der Waals surface area contributed by atoms with Crippen molar-refractivity contribution in [1.82, 2.24) is 10.4 Å². The number of hydrogen-bond acceptors (Lipinski definition) is 5. The Balaban J connectivity index is 1.71. The third-order valence-corrected chi connectivity index (χ3v) is 5.93. The van der Waals surface area contributed by atoms with E-state index in [1.807, 2.05) is 6.92 Å². The Morgan fingerprint density at radius 2 is 1.64 bits per heavy atom. The standard InChI is InChI=1S/C27H24FN3O5/c1-3-17-12-14-18(15-13-17)30-24(32)16-22(27(30)35)31(26(34)20-9-5-7-11-23(20)36-2)29-25(33)19-8-4-6-10-21(19)28/h4-15,22H,3,16H2,1-2H3,(H,29,33). The number of rotatable bonds is 6. The molecule has 3 aromatic carbocycles. The van der Waals surface area contributed by atoms with Crippen molar-refractivity contribution in [2.24, 2.45) is 0 Å². The third kappa shape index (κ3) is 4.68. The number of aryl methyl sites for hydroxylation is 1. The SMILES string of the molecule is CCc1ccc(N2C(=O)CC(N(NC(=O)c3ccccc3F)C(=O)c3ccccc3OC)C2=O)cc1. The summed E-state index contributed by atoms with van der Waals surface area (Å²) in [5, 5.41) is 0.785. The number of nitrogens with one attached hydrogen (secondary N) is 1. The van der Waals surface area contributed by atoms with Gasteiger partial charge in [-0.1, -0.05) is 43.3 Å². The number of anilines is 1. The van der Waals surface area contributed by atoms with Gasteiger partial charge in [0.15, 0.2) is 0 Å². The van der Waals surface area contributed by atoms with Crippen molar-refractivity contribution in [2.75, 3.05) is 12.0 Å². The lowest BCUT2D eigenvalue weighted by Gasteiger charge is -2.28. The summed E-state index contributed by atoms with van der Waals surface area (Å²) in [6.45, 7) is 1.98. The number of ether oxygens (including phenoxy) is 1. The largest absolute Gasteiger partial charge is 0.496 e. The van der Waals surface area contributed by atoms with Gasteiger partial charge in [0, 0.05) is 0 Å². The fourth-order valence-corrected chi connectivity index (χ4v) is 4.01. The lowest BCUT2D eigenvalue weighted by molar-refractivity contribution is -0.122. The lowest BCUT2D eigenvalue weighted by Crippen LogP contribution is -2.54. The maximum Gasteiger partial charge on any atom is 0.276 e. The van der Waals surface area contributed by atoms with Crippen LogP contribution in [-0.2, 0) is 16.0 Å². The Hall–Kier alpha value is -4.53. The van der Waals surface area contributed by atoms with Crippen molar-refractivity contribution in [1.29, 1.82) is 0 Å². The molecule has 4 amide bonds. The second kappa shape index (κ2) is 10.4. The first-order valence-electron chi connectivity index (χ1n) is 11.3. The highest BCUT2D eigenvalue weighted by Crippen LogP contribution is 2.28. The molecule has 0 saturated carbocycles. The van der Waals surface area contributed by atoms with Crippen LogP contribution in [0.1, 0.15) is 39.6 Å². The fourth-order valence-electron chi connectivity index (χ4n) is 4.01. The zero-order chi connectivity index (χ0) is 25.8. The topological polar surface area (TPSA) is 96.0 Å². The molecule has 0 spiro atoms. The number of para-hydroxylation sites is 1. The minimum atomic E-state index is -1.35. The summed E-state index contributed by atoms with van der Waals surface area (Å²) in [6, 6.07) is 17.1. The number of halogens is 1. The molecular weight excluding hydrogens is 465 g/mol. The van der Waals surface area contributed by atoms with E-state index < -0.39 is 35.5 Å². The number of imide groups is 1. The van der Waals surface area contributed by atoms with Crippen molar-refractivity contribution in [2.45, 2.75) is 25.8 Å². The molecule has 3 aromatic rings.